The van der Waals surface area contributed by atoms with E-state index in [0.29, 0.717) is 17.8 Å². The topological polar surface area (TPSA) is 0 Å². The molecule has 5 saturated carbocycles. The van der Waals surface area contributed by atoms with Gasteiger partial charge in [-0.05, 0) is 171 Å². The van der Waals surface area contributed by atoms with Crippen molar-refractivity contribution in [3.05, 3.63) is 106 Å². The van der Waals surface area contributed by atoms with Crippen LogP contribution in [0.15, 0.2) is 72.8 Å². The van der Waals surface area contributed by atoms with Gasteiger partial charge in [0.1, 0.15) is 0 Å². The van der Waals surface area contributed by atoms with E-state index in [-0.39, 0.29) is 0 Å². The van der Waals surface area contributed by atoms with E-state index in [1.165, 1.54) is 187 Å². The van der Waals surface area contributed by atoms with Gasteiger partial charge in [-0.1, -0.05) is 291 Å². The number of benzene rings is 3. The van der Waals surface area contributed by atoms with Gasteiger partial charge < -0.3 is 0 Å². The Morgan fingerprint density at radius 1 is 0.411 bits per heavy atom. The molecular weight excluding hydrogens is 877 g/mol. The van der Waals surface area contributed by atoms with Crippen molar-refractivity contribution in [3.8, 4) is 0 Å². The summed E-state index contributed by atoms with van der Waals surface area (Å²) in [5.41, 5.74) is 10.0. The standard InChI is InChI=1S/C16H30.C14H28.C14H22.2C10H14.C9H18/c1-4-5-6-7-15-8-11-16(12-9-15,13-10-15)14(2)3;2*1-4-5-6-7-13-8-10-14(11-9-13)12(2)3;2*1-8(2)10-6-4-9(3)5-7-10;1-8(2)9-6-4-3-5-7-9/h14H,4-13H2,1-3H3;12-14H,4-11H2,1-3H3;8-12H,4-7H2,1-3H3;2*4-8H,1-3H3;8-9H,3-7H2,1-2H3. The smallest absolute Gasteiger partial charge is 0.0219 e. The molecule has 0 spiro atoms. The van der Waals surface area contributed by atoms with Crippen LogP contribution in [-0.2, 0) is 6.42 Å². The maximum absolute atomic E-state index is 2.45. The van der Waals surface area contributed by atoms with Gasteiger partial charge in [0.25, 0.3) is 0 Å². The Morgan fingerprint density at radius 3 is 1.16 bits per heavy atom. The highest BCUT2D eigenvalue weighted by Gasteiger charge is 2.49. The number of rotatable bonds is 18. The summed E-state index contributed by atoms with van der Waals surface area (Å²) in [5.74, 6) is 7.91. The van der Waals surface area contributed by atoms with Crippen molar-refractivity contribution in [2.24, 2.45) is 46.3 Å². The van der Waals surface area contributed by atoms with Crippen LogP contribution >= 0.6 is 0 Å². The van der Waals surface area contributed by atoms with E-state index >= 15 is 0 Å². The Bertz CT molecular complexity index is 1640. The van der Waals surface area contributed by atoms with Gasteiger partial charge in [-0.25, -0.2) is 0 Å². The maximum atomic E-state index is 2.45. The molecule has 8 rings (SSSR count). The summed E-state index contributed by atoms with van der Waals surface area (Å²) in [6.45, 7) is 38.8. The first-order chi connectivity index (χ1) is 34.8. The Balaban J connectivity index is 0.000000304. The molecule has 418 valence electrons. The molecule has 0 nitrogen and oxygen atoms in total. The van der Waals surface area contributed by atoms with E-state index < -0.39 is 0 Å². The van der Waals surface area contributed by atoms with Crippen LogP contribution in [0.3, 0.4) is 0 Å². The number of aryl methyl sites for hydroxylation is 3. The second-order valence-electron chi connectivity index (χ2n) is 26.6. The number of unbranched alkanes of at least 4 members (excludes halogenated alkanes) is 6. The van der Waals surface area contributed by atoms with E-state index in [2.05, 4.69) is 190 Å². The Morgan fingerprint density at radius 2 is 0.795 bits per heavy atom. The zero-order valence-electron chi connectivity index (χ0n) is 52.2. The highest BCUT2D eigenvalue weighted by atomic mass is 14.5. The molecule has 0 heteroatoms. The largest absolute Gasteiger partial charge is 0.0654 e. The average Bonchev–Trinajstić information content (AvgIpc) is 3.39. The zero-order valence-corrected chi connectivity index (χ0v) is 52.2. The Labute approximate surface area is 459 Å². The van der Waals surface area contributed by atoms with Gasteiger partial charge in [0.2, 0.25) is 0 Å². The second kappa shape index (κ2) is 37.4. The molecule has 3 aromatic carbocycles. The molecule has 0 atom stereocenters. The fourth-order valence-electron chi connectivity index (χ4n) is 12.5. The molecule has 73 heavy (non-hydrogen) atoms. The predicted octanol–water partition coefficient (Wildman–Crippen LogP) is 24.6. The number of fused-ring (bicyclic) bond motifs is 3. The van der Waals surface area contributed by atoms with Crippen molar-refractivity contribution in [3.63, 3.8) is 0 Å². The molecule has 0 aromatic heterocycles. The monoisotopic (exact) mass is 1000 g/mol. The van der Waals surface area contributed by atoms with Crippen LogP contribution < -0.4 is 0 Å². The number of hydrogen-bond donors (Lipinski definition) is 0. The summed E-state index contributed by atoms with van der Waals surface area (Å²) in [5, 5.41) is 0. The Kier molecular flexibility index (Phi) is 34.2. The minimum atomic E-state index is 0.652. The maximum Gasteiger partial charge on any atom is -0.0219 e. The van der Waals surface area contributed by atoms with Crippen LogP contribution in [0.4, 0.5) is 0 Å². The average molecular weight is 1000 g/mol. The molecule has 0 unspecified atom stereocenters. The first kappa shape index (κ1) is 66.8. The van der Waals surface area contributed by atoms with Crippen LogP contribution in [0.5, 0.6) is 0 Å². The van der Waals surface area contributed by atoms with Crippen molar-refractivity contribution >= 4 is 0 Å². The highest BCUT2D eigenvalue weighted by Crippen LogP contribution is 2.61. The SMILES string of the molecule is CC(C)C1CCCCC1.CCCCCC12CCC(C(C)C)(CC1)CC2.CCCCCC1CCC(C(C)C)CC1.CCCCCc1ccc(C(C)C)cc1.Cc1ccc(C(C)C)cc1.Cc1ccc(C(C)C)cc1. The van der Waals surface area contributed by atoms with Gasteiger partial charge in [-0.15, -0.1) is 0 Å². The summed E-state index contributed by atoms with van der Waals surface area (Å²) in [7, 11) is 0. The third kappa shape index (κ3) is 27.0. The predicted molar refractivity (Wildman–Crippen MR) is 332 cm³/mol. The molecule has 5 aliphatic carbocycles. The second-order valence-corrected chi connectivity index (χ2v) is 26.6. The van der Waals surface area contributed by atoms with Gasteiger partial charge in [-0.2, -0.15) is 0 Å². The van der Waals surface area contributed by atoms with Crippen LogP contribution in [0.2, 0.25) is 0 Å². The molecule has 3 aromatic rings. The van der Waals surface area contributed by atoms with Crippen LogP contribution in [0.25, 0.3) is 0 Å². The fraction of sp³-hybridized carbons (Fsp3) is 0.753. The van der Waals surface area contributed by atoms with Crippen molar-refractivity contribution in [1.29, 1.82) is 0 Å². The summed E-state index contributed by atoms with van der Waals surface area (Å²) < 4.78 is 0. The fourth-order valence-corrected chi connectivity index (χ4v) is 12.5. The Hall–Kier alpha value is -2.34. The van der Waals surface area contributed by atoms with Gasteiger partial charge >= 0.3 is 0 Å². The minimum absolute atomic E-state index is 0.652. The summed E-state index contributed by atoms with van der Waals surface area (Å²) in [6.07, 6.45) is 39.7. The quantitative estimate of drug-likeness (QED) is 0.111. The first-order valence-corrected chi connectivity index (χ1v) is 32.0. The third-order valence-corrected chi connectivity index (χ3v) is 18.8. The summed E-state index contributed by atoms with van der Waals surface area (Å²) in [6, 6.07) is 26.5. The van der Waals surface area contributed by atoms with Crippen LogP contribution in [0.1, 0.15) is 322 Å². The normalized spacial score (nSPS) is 21.6. The minimum Gasteiger partial charge on any atom is -0.0654 e. The molecule has 0 aliphatic heterocycles. The lowest BCUT2D eigenvalue weighted by atomic mass is 9.50. The molecular formula is C73H126. The van der Waals surface area contributed by atoms with E-state index in [1.807, 2.05) is 0 Å². The van der Waals surface area contributed by atoms with Gasteiger partial charge in [-0.3, -0.25) is 0 Å². The lowest BCUT2D eigenvalue weighted by molar-refractivity contribution is -0.0435. The third-order valence-electron chi connectivity index (χ3n) is 18.8. The summed E-state index contributed by atoms with van der Waals surface area (Å²) >= 11 is 0. The molecule has 5 aliphatic rings. The molecule has 0 N–H and O–H groups in total. The van der Waals surface area contributed by atoms with Gasteiger partial charge in [0.05, 0.1) is 0 Å². The van der Waals surface area contributed by atoms with E-state index in [1.54, 1.807) is 19.3 Å². The zero-order chi connectivity index (χ0) is 54.2. The van der Waals surface area contributed by atoms with Crippen molar-refractivity contribution in [2.75, 3.05) is 0 Å². The molecule has 5 fully saturated rings. The molecule has 0 saturated heterocycles. The van der Waals surface area contributed by atoms with Crippen molar-refractivity contribution < 1.29 is 0 Å². The molecule has 2 bridgehead atoms. The first-order valence-electron chi connectivity index (χ1n) is 32.0. The van der Waals surface area contributed by atoms with Crippen LogP contribution in [0, 0.1) is 60.2 Å². The van der Waals surface area contributed by atoms with Gasteiger partial charge in [0.15, 0.2) is 0 Å². The van der Waals surface area contributed by atoms with E-state index in [0.717, 1.165) is 46.3 Å². The molecule has 0 radical (unpaired) electrons. The van der Waals surface area contributed by atoms with Crippen molar-refractivity contribution in [1.82, 2.24) is 0 Å². The lowest BCUT2D eigenvalue weighted by Crippen LogP contribution is -2.44. The highest BCUT2D eigenvalue weighted by molar-refractivity contribution is 5.25. The lowest BCUT2D eigenvalue weighted by Gasteiger charge is -2.56. The van der Waals surface area contributed by atoms with Gasteiger partial charge in [0, 0.05) is 0 Å². The van der Waals surface area contributed by atoms with E-state index in [9.17, 15) is 0 Å². The van der Waals surface area contributed by atoms with Crippen LogP contribution in [-0.4, -0.2) is 0 Å². The number of hydrogen-bond acceptors (Lipinski definition) is 0. The molecule has 0 heterocycles. The van der Waals surface area contributed by atoms with Crippen molar-refractivity contribution in [2.45, 2.75) is 309 Å². The molecule has 0 amide bonds. The summed E-state index contributed by atoms with van der Waals surface area (Å²) in [4.78, 5) is 0. The van der Waals surface area contributed by atoms with E-state index in [4.69, 9.17) is 0 Å².